The molecule has 0 aliphatic rings. The molecule has 0 saturated carbocycles. The molecular weight excluding hydrogens is 327 g/mol. The van der Waals surface area contributed by atoms with E-state index in [0.717, 1.165) is 5.56 Å². The molecule has 0 aliphatic heterocycles. The van der Waals surface area contributed by atoms with Gasteiger partial charge >= 0.3 is 5.97 Å². The first-order valence-electron chi connectivity index (χ1n) is 7.46. The van der Waals surface area contributed by atoms with Gasteiger partial charge in [0.05, 0.1) is 21.3 Å². The summed E-state index contributed by atoms with van der Waals surface area (Å²) in [6.07, 6.45) is 2.87. The normalized spacial score (nSPS) is 10.6. The number of methoxy groups -OCH3 is 3. The number of ether oxygens (including phenoxy) is 4. The van der Waals surface area contributed by atoms with E-state index in [2.05, 4.69) is 0 Å². The number of hydrogen-bond donors (Lipinski definition) is 0. The number of benzene rings is 2. The lowest BCUT2D eigenvalue weighted by Crippen LogP contribution is -2.01. The van der Waals surface area contributed by atoms with Crippen molar-refractivity contribution >= 4 is 12.0 Å². The van der Waals surface area contributed by atoms with Gasteiger partial charge in [0, 0.05) is 12.1 Å². The smallest absolute Gasteiger partial charge is 0.331 e. The minimum absolute atomic E-state index is 0.0362. The monoisotopic (exact) mass is 346 g/mol. The second-order valence-corrected chi connectivity index (χ2v) is 5.06. The van der Waals surface area contributed by atoms with Gasteiger partial charge in [-0.1, -0.05) is 6.07 Å². The highest BCUT2D eigenvalue weighted by molar-refractivity contribution is 5.87. The predicted molar refractivity (Wildman–Crippen MR) is 91.3 cm³/mol. The Kier molecular flexibility index (Phi) is 6.39. The van der Waals surface area contributed by atoms with Crippen LogP contribution in [0.3, 0.4) is 0 Å². The standard InChI is InChI=1S/C19H19FO5/c1-22-15-8-13(9-16(11-15)23-2)5-7-19(21)25-12-14-4-6-18(24-3)17(20)10-14/h4-11H,12H2,1-3H3/b7-5+. The Hall–Kier alpha value is -3.02. The predicted octanol–water partition coefficient (Wildman–Crippen LogP) is 3.61. The molecule has 0 N–H and O–H groups in total. The fourth-order valence-corrected chi connectivity index (χ4v) is 2.09. The van der Waals surface area contributed by atoms with Crippen molar-refractivity contribution in [3.8, 4) is 17.2 Å². The molecule has 0 atom stereocenters. The van der Waals surface area contributed by atoms with Gasteiger partial charge in [-0.15, -0.1) is 0 Å². The number of hydrogen-bond acceptors (Lipinski definition) is 5. The molecule has 0 spiro atoms. The number of carbonyl (C=O) groups is 1. The van der Waals surface area contributed by atoms with Crippen LogP contribution in [0.15, 0.2) is 42.5 Å². The minimum atomic E-state index is -0.544. The van der Waals surface area contributed by atoms with Crippen molar-refractivity contribution in [1.29, 1.82) is 0 Å². The first-order valence-corrected chi connectivity index (χ1v) is 7.46. The zero-order valence-corrected chi connectivity index (χ0v) is 14.2. The maximum Gasteiger partial charge on any atom is 0.331 e. The van der Waals surface area contributed by atoms with E-state index in [1.165, 1.54) is 25.3 Å². The highest BCUT2D eigenvalue weighted by Gasteiger charge is 2.05. The Balaban J connectivity index is 1.98. The van der Waals surface area contributed by atoms with Crippen LogP contribution in [0.5, 0.6) is 17.2 Å². The van der Waals surface area contributed by atoms with Crippen molar-refractivity contribution < 1.29 is 28.1 Å². The van der Waals surface area contributed by atoms with Crippen LogP contribution in [0.1, 0.15) is 11.1 Å². The molecule has 0 fully saturated rings. The quantitative estimate of drug-likeness (QED) is 0.566. The van der Waals surface area contributed by atoms with E-state index in [-0.39, 0.29) is 12.4 Å². The number of halogens is 1. The molecule has 0 unspecified atom stereocenters. The SMILES string of the molecule is COc1cc(/C=C/C(=O)OCc2ccc(OC)c(F)c2)cc(OC)c1. The lowest BCUT2D eigenvalue weighted by Gasteiger charge is -2.06. The molecule has 0 aliphatic carbocycles. The summed E-state index contributed by atoms with van der Waals surface area (Å²) in [5.41, 5.74) is 1.26. The molecular formula is C19H19FO5. The van der Waals surface area contributed by atoms with Gasteiger partial charge in [-0.3, -0.25) is 0 Å². The molecule has 5 nitrogen and oxygen atoms in total. The molecule has 2 aromatic carbocycles. The minimum Gasteiger partial charge on any atom is -0.497 e. The van der Waals surface area contributed by atoms with Crippen LogP contribution in [0, 0.1) is 5.82 Å². The zero-order chi connectivity index (χ0) is 18.2. The van der Waals surface area contributed by atoms with Gasteiger partial charge in [0.25, 0.3) is 0 Å². The summed E-state index contributed by atoms with van der Waals surface area (Å²) in [5.74, 6) is 0.317. The summed E-state index contributed by atoms with van der Waals surface area (Å²) >= 11 is 0. The summed E-state index contributed by atoms with van der Waals surface area (Å²) in [5, 5.41) is 0. The average Bonchev–Trinajstić information content (AvgIpc) is 2.64. The van der Waals surface area contributed by atoms with Crippen LogP contribution in [-0.2, 0) is 16.1 Å². The topological polar surface area (TPSA) is 54.0 Å². The highest BCUT2D eigenvalue weighted by atomic mass is 19.1. The fraction of sp³-hybridized carbons (Fsp3) is 0.211. The van der Waals surface area contributed by atoms with Gasteiger partial charge in [-0.05, 0) is 41.5 Å². The maximum atomic E-state index is 13.6. The number of esters is 1. The van der Waals surface area contributed by atoms with Crippen LogP contribution in [0.2, 0.25) is 0 Å². The molecule has 2 aromatic rings. The Labute approximate surface area is 145 Å². The molecule has 0 amide bonds. The Bertz CT molecular complexity index is 748. The molecule has 132 valence electrons. The highest BCUT2D eigenvalue weighted by Crippen LogP contribution is 2.23. The van der Waals surface area contributed by atoms with E-state index in [9.17, 15) is 9.18 Å². The van der Waals surface area contributed by atoms with Crippen LogP contribution >= 0.6 is 0 Å². The Morgan fingerprint density at radius 1 is 1.00 bits per heavy atom. The molecule has 0 heterocycles. The first kappa shape index (κ1) is 18.3. The zero-order valence-electron chi connectivity index (χ0n) is 14.2. The van der Waals surface area contributed by atoms with Gasteiger partial charge < -0.3 is 18.9 Å². The molecule has 0 bridgehead atoms. The lowest BCUT2D eigenvalue weighted by molar-refractivity contribution is -0.138. The molecule has 0 aromatic heterocycles. The maximum absolute atomic E-state index is 13.6. The van der Waals surface area contributed by atoms with Gasteiger partial charge in [0.15, 0.2) is 11.6 Å². The largest absolute Gasteiger partial charge is 0.497 e. The van der Waals surface area contributed by atoms with Gasteiger partial charge in [0.2, 0.25) is 0 Å². The van der Waals surface area contributed by atoms with E-state index in [4.69, 9.17) is 18.9 Å². The average molecular weight is 346 g/mol. The second kappa shape index (κ2) is 8.73. The van der Waals surface area contributed by atoms with Crippen LogP contribution in [0.4, 0.5) is 4.39 Å². The molecule has 0 radical (unpaired) electrons. The van der Waals surface area contributed by atoms with Crippen molar-refractivity contribution in [2.75, 3.05) is 21.3 Å². The van der Waals surface area contributed by atoms with Crippen molar-refractivity contribution in [3.63, 3.8) is 0 Å². The van der Waals surface area contributed by atoms with E-state index < -0.39 is 11.8 Å². The first-order chi connectivity index (χ1) is 12.0. The molecule has 2 rings (SSSR count). The van der Waals surface area contributed by atoms with Crippen LogP contribution < -0.4 is 14.2 Å². The summed E-state index contributed by atoms with van der Waals surface area (Å²) in [4.78, 5) is 11.8. The Morgan fingerprint density at radius 3 is 2.24 bits per heavy atom. The second-order valence-electron chi connectivity index (χ2n) is 5.06. The van der Waals surface area contributed by atoms with Crippen LogP contribution in [0.25, 0.3) is 6.08 Å². The van der Waals surface area contributed by atoms with Gasteiger partial charge in [-0.25, -0.2) is 9.18 Å². The van der Waals surface area contributed by atoms with Crippen molar-refractivity contribution in [2.24, 2.45) is 0 Å². The van der Waals surface area contributed by atoms with Crippen molar-refractivity contribution in [1.82, 2.24) is 0 Å². The summed E-state index contributed by atoms with van der Waals surface area (Å²) in [6.45, 7) is -0.0362. The Morgan fingerprint density at radius 2 is 1.68 bits per heavy atom. The van der Waals surface area contributed by atoms with E-state index in [0.29, 0.717) is 17.1 Å². The van der Waals surface area contributed by atoms with E-state index in [1.54, 1.807) is 44.6 Å². The van der Waals surface area contributed by atoms with E-state index in [1.807, 2.05) is 0 Å². The van der Waals surface area contributed by atoms with Gasteiger partial charge in [0.1, 0.15) is 18.1 Å². The number of carbonyl (C=O) groups excluding carboxylic acids is 1. The summed E-state index contributed by atoms with van der Waals surface area (Å²) < 4.78 is 33.8. The molecule has 0 saturated heterocycles. The molecule has 25 heavy (non-hydrogen) atoms. The summed E-state index contributed by atoms with van der Waals surface area (Å²) in [6, 6.07) is 9.62. The third-order valence-corrected chi connectivity index (χ3v) is 3.38. The number of rotatable bonds is 7. The molecule has 6 heteroatoms. The van der Waals surface area contributed by atoms with Crippen LogP contribution in [-0.4, -0.2) is 27.3 Å². The van der Waals surface area contributed by atoms with E-state index >= 15 is 0 Å². The summed E-state index contributed by atoms with van der Waals surface area (Å²) in [7, 11) is 4.48. The fourth-order valence-electron chi connectivity index (χ4n) is 2.09. The van der Waals surface area contributed by atoms with Crippen molar-refractivity contribution in [3.05, 3.63) is 59.4 Å². The van der Waals surface area contributed by atoms with Gasteiger partial charge in [-0.2, -0.15) is 0 Å². The third kappa shape index (κ3) is 5.24. The lowest BCUT2D eigenvalue weighted by atomic mass is 10.2. The van der Waals surface area contributed by atoms with Crippen molar-refractivity contribution in [2.45, 2.75) is 6.61 Å². The third-order valence-electron chi connectivity index (χ3n) is 3.38.